The van der Waals surface area contributed by atoms with Crippen molar-refractivity contribution in [3.05, 3.63) is 44.4 Å². The van der Waals surface area contributed by atoms with Gasteiger partial charge in [-0.3, -0.25) is 0 Å². The smallest absolute Gasteiger partial charge is 0.212 e. The van der Waals surface area contributed by atoms with Crippen molar-refractivity contribution in [1.29, 1.82) is 0 Å². The van der Waals surface area contributed by atoms with Crippen molar-refractivity contribution >= 4 is 22.6 Å². The van der Waals surface area contributed by atoms with Crippen LogP contribution in [0.2, 0.25) is 0 Å². The number of nitrogens with one attached hydrogen (secondary N) is 1. The molecule has 0 radical (unpaired) electrons. The Bertz CT molecular complexity index is 726. The maximum atomic E-state index is 13.6. The van der Waals surface area contributed by atoms with Gasteiger partial charge >= 0.3 is 0 Å². The van der Waals surface area contributed by atoms with Crippen LogP contribution in [0.3, 0.4) is 0 Å². The molecule has 0 unspecified atom stereocenters. The van der Waals surface area contributed by atoms with Crippen molar-refractivity contribution in [2.45, 2.75) is 52.3 Å². The van der Waals surface area contributed by atoms with E-state index in [0.717, 1.165) is 33.8 Å². The van der Waals surface area contributed by atoms with Gasteiger partial charge in [0, 0.05) is 28.3 Å². The SMILES string of the molecule is CNCc1cc(OCc2cc(C)c(F)cc2I)n(CC2CCCC2)n1. The minimum absolute atomic E-state index is 0.171. The first-order valence-electron chi connectivity index (χ1n) is 8.85. The van der Waals surface area contributed by atoms with Crippen molar-refractivity contribution in [1.82, 2.24) is 15.1 Å². The number of halogens is 2. The number of benzene rings is 1. The molecule has 1 aliphatic carbocycles. The minimum atomic E-state index is -0.171. The summed E-state index contributed by atoms with van der Waals surface area (Å²) in [5.74, 6) is 1.32. The van der Waals surface area contributed by atoms with Crippen molar-refractivity contribution in [3.63, 3.8) is 0 Å². The number of nitrogens with zero attached hydrogens (tertiary/aromatic N) is 2. The molecule has 2 aromatic rings. The molecule has 0 atom stereocenters. The summed E-state index contributed by atoms with van der Waals surface area (Å²) in [5.41, 5.74) is 2.64. The van der Waals surface area contributed by atoms with E-state index >= 15 is 0 Å². The summed E-state index contributed by atoms with van der Waals surface area (Å²) in [7, 11) is 1.92. The average molecular weight is 457 g/mol. The van der Waals surface area contributed by atoms with Gasteiger partial charge in [-0.2, -0.15) is 5.10 Å². The molecule has 136 valence electrons. The summed E-state index contributed by atoms with van der Waals surface area (Å²) in [6.07, 6.45) is 5.18. The fraction of sp³-hybridized carbons (Fsp3) is 0.526. The number of hydrogen-bond donors (Lipinski definition) is 1. The highest BCUT2D eigenvalue weighted by Crippen LogP contribution is 2.28. The lowest BCUT2D eigenvalue weighted by Crippen LogP contribution is -2.12. The molecule has 1 aromatic carbocycles. The van der Waals surface area contributed by atoms with Gasteiger partial charge in [-0.25, -0.2) is 9.07 Å². The van der Waals surface area contributed by atoms with Crippen LogP contribution in [-0.2, 0) is 19.7 Å². The zero-order valence-electron chi connectivity index (χ0n) is 14.8. The largest absolute Gasteiger partial charge is 0.473 e. The van der Waals surface area contributed by atoms with Crippen LogP contribution in [0.25, 0.3) is 0 Å². The third-order valence-electron chi connectivity index (χ3n) is 4.76. The van der Waals surface area contributed by atoms with Crippen LogP contribution >= 0.6 is 22.6 Å². The van der Waals surface area contributed by atoms with E-state index in [9.17, 15) is 4.39 Å². The van der Waals surface area contributed by atoms with E-state index in [0.29, 0.717) is 18.1 Å². The quantitative estimate of drug-likeness (QED) is 0.626. The molecule has 1 aliphatic rings. The molecular formula is C19H25FIN3O. The van der Waals surface area contributed by atoms with Crippen LogP contribution in [0.4, 0.5) is 4.39 Å². The maximum Gasteiger partial charge on any atom is 0.212 e. The van der Waals surface area contributed by atoms with Gasteiger partial charge in [-0.05, 0) is 73.0 Å². The Morgan fingerprint density at radius 1 is 1.32 bits per heavy atom. The number of rotatable bonds is 7. The Morgan fingerprint density at radius 2 is 2.08 bits per heavy atom. The maximum absolute atomic E-state index is 13.6. The summed E-state index contributed by atoms with van der Waals surface area (Å²) in [6.45, 7) is 3.85. The Labute approximate surface area is 162 Å². The van der Waals surface area contributed by atoms with E-state index in [1.54, 1.807) is 13.0 Å². The van der Waals surface area contributed by atoms with E-state index in [2.05, 4.69) is 27.9 Å². The van der Waals surface area contributed by atoms with Crippen molar-refractivity contribution in [2.75, 3.05) is 7.05 Å². The highest BCUT2D eigenvalue weighted by Gasteiger charge is 2.19. The molecule has 0 saturated heterocycles. The molecule has 0 amide bonds. The Hall–Kier alpha value is -1.15. The lowest BCUT2D eigenvalue weighted by atomic mass is 10.1. The van der Waals surface area contributed by atoms with Crippen LogP contribution in [0.15, 0.2) is 18.2 Å². The first-order chi connectivity index (χ1) is 12.1. The van der Waals surface area contributed by atoms with Gasteiger partial charge in [0.1, 0.15) is 12.4 Å². The number of aromatic nitrogens is 2. The standard InChI is InChI=1S/C19H25FIN3O/c1-13-7-15(18(21)9-17(13)20)12-25-19-8-16(10-22-2)23-24(19)11-14-5-3-4-6-14/h7-9,14,22H,3-6,10-12H2,1-2H3. The van der Waals surface area contributed by atoms with Gasteiger partial charge < -0.3 is 10.1 Å². The van der Waals surface area contributed by atoms with Gasteiger partial charge in [0.15, 0.2) is 0 Å². The molecule has 1 aromatic heterocycles. The molecule has 25 heavy (non-hydrogen) atoms. The second kappa shape index (κ2) is 8.49. The van der Waals surface area contributed by atoms with Crippen LogP contribution in [0, 0.1) is 22.2 Å². The second-order valence-electron chi connectivity index (χ2n) is 6.82. The molecule has 1 N–H and O–H groups in total. The average Bonchev–Trinajstić information content (AvgIpc) is 3.21. The Kier molecular flexibility index (Phi) is 6.33. The van der Waals surface area contributed by atoms with Crippen LogP contribution < -0.4 is 10.1 Å². The Morgan fingerprint density at radius 3 is 2.80 bits per heavy atom. The van der Waals surface area contributed by atoms with Gasteiger partial charge in [0.2, 0.25) is 5.88 Å². The monoisotopic (exact) mass is 457 g/mol. The van der Waals surface area contributed by atoms with Gasteiger partial charge in [0.05, 0.1) is 5.69 Å². The zero-order chi connectivity index (χ0) is 17.8. The van der Waals surface area contributed by atoms with Crippen molar-refractivity contribution in [2.24, 2.45) is 5.92 Å². The van der Waals surface area contributed by atoms with Crippen LogP contribution in [0.1, 0.15) is 42.5 Å². The van der Waals surface area contributed by atoms with Crippen LogP contribution in [-0.4, -0.2) is 16.8 Å². The van der Waals surface area contributed by atoms with Gasteiger partial charge in [-0.1, -0.05) is 12.8 Å². The number of ether oxygens (including phenoxy) is 1. The van der Waals surface area contributed by atoms with Gasteiger partial charge in [-0.15, -0.1) is 0 Å². The normalized spacial score (nSPS) is 15.0. The molecular weight excluding hydrogens is 432 g/mol. The fourth-order valence-corrected chi connectivity index (χ4v) is 3.97. The molecule has 1 saturated carbocycles. The lowest BCUT2D eigenvalue weighted by molar-refractivity contribution is 0.261. The number of hydrogen-bond acceptors (Lipinski definition) is 3. The fourth-order valence-electron chi connectivity index (χ4n) is 3.38. The van der Waals surface area contributed by atoms with Crippen molar-refractivity contribution in [3.8, 4) is 5.88 Å². The predicted molar refractivity (Wildman–Crippen MR) is 105 cm³/mol. The predicted octanol–water partition coefficient (Wildman–Crippen LogP) is 4.42. The molecule has 4 nitrogen and oxygen atoms in total. The third-order valence-corrected chi connectivity index (χ3v) is 5.76. The first-order valence-corrected chi connectivity index (χ1v) is 9.93. The van der Waals surface area contributed by atoms with E-state index < -0.39 is 0 Å². The highest BCUT2D eigenvalue weighted by atomic mass is 127. The molecule has 3 rings (SSSR count). The highest BCUT2D eigenvalue weighted by molar-refractivity contribution is 14.1. The van der Waals surface area contributed by atoms with E-state index in [-0.39, 0.29) is 5.82 Å². The zero-order valence-corrected chi connectivity index (χ0v) is 17.0. The summed E-state index contributed by atoms with van der Waals surface area (Å²) >= 11 is 2.16. The topological polar surface area (TPSA) is 39.1 Å². The van der Waals surface area contributed by atoms with Gasteiger partial charge in [0.25, 0.3) is 0 Å². The summed E-state index contributed by atoms with van der Waals surface area (Å²) < 4.78 is 22.6. The molecule has 0 bridgehead atoms. The van der Waals surface area contributed by atoms with E-state index in [1.165, 1.54) is 25.7 Å². The summed E-state index contributed by atoms with van der Waals surface area (Å²) in [6, 6.07) is 5.44. The lowest BCUT2D eigenvalue weighted by Gasteiger charge is -2.14. The molecule has 0 spiro atoms. The summed E-state index contributed by atoms with van der Waals surface area (Å²) in [5, 5.41) is 7.84. The molecule has 1 heterocycles. The van der Waals surface area contributed by atoms with Crippen molar-refractivity contribution < 1.29 is 9.13 Å². The first kappa shape index (κ1) is 18.6. The molecule has 6 heteroatoms. The van der Waals surface area contributed by atoms with E-state index in [1.807, 2.05) is 23.9 Å². The molecule has 1 fully saturated rings. The third kappa shape index (κ3) is 4.73. The summed E-state index contributed by atoms with van der Waals surface area (Å²) in [4.78, 5) is 0. The van der Waals surface area contributed by atoms with Crippen LogP contribution in [0.5, 0.6) is 5.88 Å². The minimum Gasteiger partial charge on any atom is -0.473 e. The Balaban J connectivity index is 1.74. The molecule has 0 aliphatic heterocycles. The van der Waals surface area contributed by atoms with E-state index in [4.69, 9.17) is 9.84 Å². The number of aryl methyl sites for hydroxylation is 1. The second-order valence-corrected chi connectivity index (χ2v) is 7.98.